The van der Waals surface area contributed by atoms with E-state index in [1.165, 1.54) is 50.2 Å². The highest BCUT2D eigenvalue weighted by Crippen LogP contribution is 2.21. The second kappa shape index (κ2) is 8.20. The minimum absolute atomic E-state index is 0.0753. The summed E-state index contributed by atoms with van der Waals surface area (Å²) in [4.78, 5) is 24.0. The molecule has 0 spiro atoms. The Labute approximate surface area is 168 Å². The van der Waals surface area contributed by atoms with Gasteiger partial charge in [0.25, 0.3) is 15.9 Å². The third kappa shape index (κ3) is 5.32. The summed E-state index contributed by atoms with van der Waals surface area (Å²) in [6.07, 6.45) is 0.859. The van der Waals surface area contributed by atoms with E-state index in [1.54, 1.807) is 0 Å². The van der Waals surface area contributed by atoms with Gasteiger partial charge in [0.05, 0.1) is 10.5 Å². The van der Waals surface area contributed by atoms with Gasteiger partial charge in [-0.05, 0) is 62.6 Å². The van der Waals surface area contributed by atoms with Gasteiger partial charge in [-0.25, -0.2) is 17.6 Å². The van der Waals surface area contributed by atoms with E-state index in [0.717, 1.165) is 18.9 Å². The molecule has 0 heterocycles. The lowest BCUT2D eigenvalue weighted by molar-refractivity contribution is -0.129. The molecule has 0 saturated heterocycles. The molecule has 0 unspecified atom stereocenters. The largest absolute Gasteiger partial charge is 0.449 e. The van der Waals surface area contributed by atoms with Crippen molar-refractivity contribution in [3.8, 4) is 0 Å². The van der Waals surface area contributed by atoms with Crippen LogP contribution in [0, 0.1) is 12.7 Å². The zero-order valence-electron chi connectivity index (χ0n) is 15.9. The second-order valence-corrected chi connectivity index (χ2v) is 8.61. The zero-order valence-corrected chi connectivity index (χ0v) is 16.8. The number of anilines is 1. The van der Waals surface area contributed by atoms with Crippen LogP contribution in [0.3, 0.4) is 0 Å². The average molecular weight is 420 g/mol. The fraction of sp³-hybridized carbons (Fsp3) is 0.300. The number of hydrogen-bond acceptors (Lipinski definition) is 5. The van der Waals surface area contributed by atoms with Crippen LogP contribution in [0.5, 0.6) is 0 Å². The van der Waals surface area contributed by atoms with Crippen LogP contribution in [0.1, 0.15) is 35.7 Å². The van der Waals surface area contributed by atoms with E-state index < -0.39 is 27.9 Å². The zero-order chi connectivity index (χ0) is 21.2. The smallest absolute Gasteiger partial charge is 0.338 e. The third-order valence-electron chi connectivity index (χ3n) is 4.38. The van der Waals surface area contributed by atoms with Gasteiger partial charge in [-0.3, -0.25) is 9.52 Å². The number of halogens is 1. The molecular weight excluding hydrogens is 399 g/mol. The molecular formula is C20H21FN2O5S. The van der Waals surface area contributed by atoms with E-state index in [-0.39, 0.29) is 28.1 Å². The highest BCUT2D eigenvalue weighted by atomic mass is 32.2. The van der Waals surface area contributed by atoms with Gasteiger partial charge in [-0.2, -0.15) is 0 Å². The molecule has 3 rings (SSSR count). The lowest BCUT2D eigenvalue weighted by Crippen LogP contribution is -2.37. The average Bonchev–Trinajstić information content (AvgIpc) is 3.47. The van der Waals surface area contributed by atoms with Gasteiger partial charge in [-0.15, -0.1) is 0 Å². The first-order chi connectivity index (χ1) is 13.7. The number of amides is 1. The lowest BCUT2D eigenvalue weighted by atomic mass is 10.2. The van der Waals surface area contributed by atoms with Gasteiger partial charge < -0.3 is 10.1 Å². The van der Waals surface area contributed by atoms with Gasteiger partial charge in [0, 0.05) is 11.7 Å². The number of sulfonamides is 1. The summed E-state index contributed by atoms with van der Waals surface area (Å²) < 4.78 is 46.1. The fourth-order valence-electron chi connectivity index (χ4n) is 2.49. The van der Waals surface area contributed by atoms with Crippen LogP contribution in [-0.4, -0.2) is 32.4 Å². The highest BCUT2D eigenvalue weighted by molar-refractivity contribution is 7.92. The van der Waals surface area contributed by atoms with E-state index in [1.807, 2.05) is 0 Å². The maximum Gasteiger partial charge on any atom is 0.338 e. The van der Waals surface area contributed by atoms with E-state index in [4.69, 9.17) is 4.74 Å². The van der Waals surface area contributed by atoms with Crippen molar-refractivity contribution in [1.82, 2.24) is 5.32 Å². The Morgan fingerprint density at radius 1 is 1.17 bits per heavy atom. The molecule has 0 radical (unpaired) electrons. The van der Waals surface area contributed by atoms with Crippen molar-refractivity contribution in [3.05, 3.63) is 59.4 Å². The Morgan fingerprint density at radius 3 is 2.55 bits per heavy atom. The predicted octanol–water partition coefficient (Wildman–Crippen LogP) is 2.76. The minimum Gasteiger partial charge on any atom is -0.449 e. The molecule has 1 atom stereocenters. The monoisotopic (exact) mass is 420 g/mol. The van der Waals surface area contributed by atoms with Crippen LogP contribution in [0.25, 0.3) is 0 Å². The number of carbonyl (C=O) groups excluding carboxylic acids is 2. The molecule has 2 aromatic rings. The summed E-state index contributed by atoms with van der Waals surface area (Å²) in [5.41, 5.74) is 0.510. The molecule has 2 aromatic carbocycles. The summed E-state index contributed by atoms with van der Waals surface area (Å²) in [6.45, 7) is 2.99. The molecule has 2 N–H and O–H groups in total. The molecule has 29 heavy (non-hydrogen) atoms. The first-order valence-electron chi connectivity index (χ1n) is 9.06. The van der Waals surface area contributed by atoms with Gasteiger partial charge in [0.15, 0.2) is 6.10 Å². The topological polar surface area (TPSA) is 102 Å². The molecule has 1 amide bonds. The maximum absolute atomic E-state index is 13.7. The molecule has 1 aliphatic rings. The normalized spacial score (nSPS) is 14.7. The molecule has 0 aromatic heterocycles. The van der Waals surface area contributed by atoms with Crippen LogP contribution < -0.4 is 10.0 Å². The van der Waals surface area contributed by atoms with Crippen LogP contribution in [0.2, 0.25) is 0 Å². The summed E-state index contributed by atoms with van der Waals surface area (Å²) in [7, 11) is -4.04. The number of hydrogen-bond donors (Lipinski definition) is 2. The standard InChI is InChI=1S/C20H21FN2O5S/c1-12-6-9-17(11-18(12)21)29(26,27)23-16-5-3-4-14(10-16)20(25)28-13(2)19(24)22-15-7-8-15/h3-6,9-11,13,15,23H,7-8H2,1-2H3,(H,22,24)/t13-/m0/s1. The number of nitrogens with one attached hydrogen (secondary N) is 2. The number of rotatable bonds is 7. The number of benzene rings is 2. The molecule has 1 aliphatic carbocycles. The summed E-state index contributed by atoms with van der Waals surface area (Å²) in [5.74, 6) is -1.77. The number of esters is 1. The van der Waals surface area contributed by atoms with Crippen molar-refractivity contribution in [3.63, 3.8) is 0 Å². The van der Waals surface area contributed by atoms with E-state index in [2.05, 4.69) is 10.0 Å². The first-order valence-corrected chi connectivity index (χ1v) is 10.5. The van der Waals surface area contributed by atoms with Crippen molar-refractivity contribution in [2.24, 2.45) is 0 Å². The lowest BCUT2D eigenvalue weighted by Gasteiger charge is -2.14. The molecule has 154 valence electrons. The number of ether oxygens (including phenoxy) is 1. The molecule has 9 heteroatoms. The first kappa shape index (κ1) is 20.8. The van der Waals surface area contributed by atoms with E-state index in [9.17, 15) is 22.4 Å². The van der Waals surface area contributed by atoms with Gasteiger partial charge in [-0.1, -0.05) is 12.1 Å². The van der Waals surface area contributed by atoms with Gasteiger partial charge >= 0.3 is 5.97 Å². The quantitative estimate of drug-likeness (QED) is 0.671. The molecule has 1 saturated carbocycles. The Kier molecular flexibility index (Phi) is 5.88. The van der Waals surface area contributed by atoms with Crippen molar-refractivity contribution < 1.29 is 27.1 Å². The number of carbonyl (C=O) groups is 2. The molecule has 7 nitrogen and oxygen atoms in total. The van der Waals surface area contributed by atoms with Gasteiger partial charge in [0.2, 0.25) is 0 Å². The van der Waals surface area contributed by atoms with Crippen LogP contribution in [-0.2, 0) is 19.6 Å². The Hall–Kier alpha value is -2.94. The Morgan fingerprint density at radius 2 is 1.90 bits per heavy atom. The van der Waals surface area contributed by atoms with Crippen LogP contribution >= 0.6 is 0 Å². The Bertz CT molecular complexity index is 1050. The summed E-state index contributed by atoms with van der Waals surface area (Å²) in [5, 5.41) is 2.74. The van der Waals surface area contributed by atoms with Crippen molar-refractivity contribution >= 4 is 27.6 Å². The Balaban J connectivity index is 1.70. The van der Waals surface area contributed by atoms with Crippen molar-refractivity contribution in [1.29, 1.82) is 0 Å². The highest BCUT2D eigenvalue weighted by Gasteiger charge is 2.27. The summed E-state index contributed by atoms with van der Waals surface area (Å²) >= 11 is 0. The van der Waals surface area contributed by atoms with Crippen LogP contribution in [0.15, 0.2) is 47.4 Å². The third-order valence-corrected chi connectivity index (χ3v) is 5.76. The minimum atomic E-state index is -4.04. The van der Waals surface area contributed by atoms with E-state index in [0.29, 0.717) is 5.56 Å². The maximum atomic E-state index is 13.7. The molecule has 0 aliphatic heterocycles. The molecule has 0 bridgehead atoms. The molecule has 1 fully saturated rings. The number of aryl methyl sites for hydroxylation is 1. The predicted molar refractivity (Wildman–Crippen MR) is 104 cm³/mol. The summed E-state index contributed by atoms with van der Waals surface area (Å²) in [6, 6.07) is 9.38. The van der Waals surface area contributed by atoms with E-state index >= 15 is 0 Å². The fourth-order valence-corrected chi connectivity index (χ4v) is 3.55. The van der Waals surface area contributed by atoms with Gasteiger partial charge in [0.1, 0.15) is 5.82 Å². The van der Waals surface area contributed by atoms with Crippen LogP contribution in [0.4, 0.5) is 10.1 Å². The second-order valence-electron chi connectivity index (χ2n) is 6.93. The van der Waals surface area contributed by atoms with Crippen molar-refractivity contribution in [2.75, 3.05) is 4.72 Å². The van der Waals surface area contributed by atoms with Crippen molar-refractivity contribution in [2.45, 2.75) is 43.7 Å². The SMILES string of the molecule is Cc1ccc(S(=O)(=O)Nc2cccc(C(=O)O[C@@H](C)C(=O)NC3CC3)c2)cc1F.